The lowest BCUT2D eigenvalue weighted by Gasteiger charge is -2.04. The number of oxazole rings is 1. The molecule has 0 atom stereocenters. The average Bonchev–Trinajstić information content (AvgIpc) is 3.06. The molecule has 0 aliphatic carbocycles. The molecule has 1 amide bonds. The molecule has 0 unspecified atom stereocenters. The summed E-state index contributed by atoms with van der Waals surface area (Å²) in [6.07, 6.45) is 0.577. The van der Waals surface area contributed by atoms with Crippen molar-refractivity contribution in [2.24, 2.45) is 0 Å². The molecule has 0 fully saturated rings. The molecule has 2 aromatic heterocycles. The van der Waals surface area contributed by atoms with E-state index in [2.05, 4.69) is 20.9 Å². The number of carbonyl (C=O) groups is 1. The number of hydrogen-bond acceptors (Lipinski definition) is 4. The van der Waals surface area contributed by atoms with E-state index in [9.17, 15) is 4.79 Å². The van der Waals surface area contributed by atoms with Gasteiger partial charge in [-0.1, -0.05) is 18.2 Å². The highest BCUT2D eigenvalue weighted by Crippen LogP contribution is 2.28. The highest BCUT2D eigenvalue weighted by Gasteiger charge is 2.18. The number of hydrogen-bond donors (Lipinski definition) is 0. The molecule has 1 aromatic carbocycles. The van der Waals surface area contributed by atoms with Gasteiger partial charge in [0.1, 0.15) is 5.76 Å². The van der Waals surface area contributed by atoms with Gasteiger partial charge in [0.05, 0.1) is 5.69 Å². The van der Waals surface area contributed by atoms with Crippen LogP contribution in [-0.2, 0) is 6.42 Å². The Morgan fingerprint density at radius 1 is 1.23 bits per heavy atom. The lowest BCUT2D eigenvalue weighted by molar-refractivity contribution is 0.0965. The fourth-order valence-electron chi connectivity index (χ4n) is 2.24. The second kappa shape index (κ2) is 5.81. The maximum Gasteiger partial charge on any atom is 0.307 e. The first-order valence-electron chi connectivity index (χ1n) is 6.60. The Kier molecular flexibility index (Phi) is 3.85. The first kappa shape index (κ1) is 14.6. The molecule has 6 heteroatoms. The van der Waals surface area contributed by atoms with Crippen LogP contribution in [0.25, 0.3) is 11.5 Å². The summed E-state index contributed by atoms with van der Waals surface area (Å²) in [7, 11) is 0. The summed E-state index contributed by atoms with van der Waals surface area (Å²) in [5.41, 5.74) is 9.35. The zero-order valence-electron chi connectivity index (χ0n) is 11.7. The number of rotatable bonds is 4. The van der Waals surface area contributed by atoms with Gasteiger partial charge >= 0.3 is 5.91 Å². The first-order valence-corrected chi connectivity index (χ1v) is 7.39. The second-order valence-corrected chi connectivity index (χ2v) is 5.58. The van der Waals surface area contributed by atoms with Gasteiger partial charge in [0.15, 0.2) is 4.67 Å². The van der Waals surface area contributed by atoms with E-state index in [4.69, 9.17) is 14.6 Å². The van der Waals surface area contributed by atoms with Gasteiger partial charge in [-0.15, -0.1) is 0 Å². The number of benzene rings is 1. The van der Waals surface area contributed by atoms with Crippen molar-refractivity contribution in [2.75, 3.05) is 0 Å². The van der Waals surface area contributed by atoms with Crippen LogP contribution in [0.2, 0.25) is 0 Å². The molecular weight excluding hydrogens is 348 g/mol. The van der Waals surface area contributed by atoms with Crippen molar-refractivity contribution in [1.29, 1.82) is 0 Å². The largest absolute Gasteiger partial charge is 0.454 e. The number of halogens is 1. The number of aromatic nitrogens is 1. The van der Waals surface area contributed by atoms with Crippen LogP contribution in [-0.4, -0.2) is 10.9 Å². The van der Waals surface area contributed by atoms with Crippen molar-refractivity contribution >= 4 is 21.8 Å². The summed E-state index contributed by atoms with van der Waals surface area (Å²) in [4.78, 5) is 15.5. The average molecular weight is 360 g/mol. The van der Waals surface area contributed by atoms with Crippen molar-refractivity contribution in [3.8, 4) is 11.5 Å². The molecule has 1 radical (unpaired) electrons. The predicted octanol–water partition coefficient (Wildman–Crippen LogP) is 4.02. The standard InChI is InChI=1S/C16H12BrN2O3/c1-9-14(15(18)20)22-16(19-9)12-5-3-2-4-10(12)8-11-6-7-13(17)21-11/h2-7,18H,8H2,1H3. The van der Waals surface area contributed by atoms with Gasteiger partial charge in [-0.05, 0) is 46.6 Å². The van der Waals surface area contributed by atoms with Crippen LogP contribution in [0.4, 0.5) is 0 Å². The number of nitrogens with one attached hydrogen (secondary N) is 1. The van der Waals surface area contributed by atoms with Crippen LogP contribution < -0.4 is 5.73 Å². The minimum Gasteiger partial charge on any atom is -0.454 e. The molecular formula is C16H12BrN2O3. The zero-order chi connectivity index (χ0) is 15.7. The molecule has 0 aliphatic heterocycles. The SMILES string of the molecule is Cc1nc(-c2ccccc2Cc2ccc(Br)o2)oc1C([NH])=O. The maximum absolute atomic E-state index is 11.2. The van der Waals surface area contributed by atoms with Gasteiger partial charge in [0.25, 0.3) is 0 Å². The lowest BCUT2D eigenvalue weighted by Crippen LogP contribution is -1.98. The third kappa shape index (κ3) is 2.82. The van der Waals surface area contributed by atoms with Crippen molar-refractivity contribution in [2.45, 2.75) is 13.3 Å². The highest BCUT2D eigenvalue weighted by atomic mass is 79.9. The molecule has 22 heavy (non-hydrogen) atoms. The number of amides is 1. The van der Waals surface area contributed by atoms with Crippen molar-refractivity contribution in [3.05, 3.63) is 63.8 Å². The van der Waals surface area contributed by atoms with E-state index in [-0.39, 0.29) is 5.76 Å². The van der Waals surface area contributed by atoms with E-state index >= 15 is 0 Å². The molecule has 3 aromatic rings. The van der Waals surface area contributed by atoms with Crippen LogP contribution in [0.15, 0.2) is 49.9 Å². The normalized spacial score (nSPS) is 10.8. The summed E-state index contributed by atoms with van der Waals surface area (Å²) in [5, 5.41) is 0. The van der Waals surface area contributed by atoms with E-state index in [1.807, 2.05) is 36.4 Å². The summed E-state index contributed by atoms with van der Waals surface area (Å²) < 4.78 is 11.7. The molecule has 111 valence electrons. The van der Waals surface area contributed by atoms with Crippen molar-refractivity contribution < 1.29 is 13.6 Å². The minimum absolute atomic E-state index is 0.0226. The second-order valence-electron chi connectivity index (χ2n) is 4.80. The summed E-state index contributed by atoms with van der Waals surface area (Å²) in [5.74, 6) is 0.253. The summed E-state index contributed by atoms with van der Waals surface area (Å²) >= 11 is 3.28. The first-order chi connectivity index (χ1) is 10.5. The van der Waals surface area contributed by atoms with Crippen LogP contribution in [0.5, 0.6) is 0 Å². The Labute approximate surface area is 135 Å². The molecule has 3 rings (SSSR count). The van der Waals surface area contributed by atoms with Gasteiger partial charge in [0, 0.05) is 12.0 Å². The molecule has 0 spiro atoms. The van der Waals surface area contributed by atoms with Gasteiger partial charge in [0.2, 0.25) is 11.7 Å². The van der Waals surface area contributed by atoms with Crippen molar-refractivity contribution in [1.82, 2.24) is 10.7 Å². The lowest BCUT2D eigenvalue weighted by atomic mass is 10.0. The number of nitrogens with zero attached hydrogens (tertiary/aromatic N) is 1. The van der Waals surface area contributed by atoms with Crippen molar-refractivity contribution in [3.63, 3.8) is 0 Å². The Morgan fingerprint density at radius 2 is 2.00 bits per heavy atom. The fraction of sp³-hybridized carbons (Fsp3) is 0.125. The number of aryl methyl sites for hydroxylation is 1. The van der Waals surface area contributed by atoms with Crippen LogP contribution in [0.1, 0.15) is 27.6 Å². The third-order valence-electron chi connectivity index (χ3n) is 3.24. The van der Waals surface area contributed by atoms with E-state index in [1.165, 1.54) is 0 Å². The van der Waals surface area contributed by atoms with Crippen LogP contribution in [0, 0.1) is 6.92 Å². The van der Waals surface area contributed by atoms with Crippen LogP contribution >= 0.6 is 15.9 Å². The quantitative estimate of drug-likeness (QED) is 0.704. The van der Waals surface area contributed by atoms with Gasteiger partial charge in [-0.3, -0.25) is 10.5 Å². The maximum atomic E-state index is 11.2. The van der Waals surface area contributed by atoms with E-state index < -0.39 is 5.91 Å². The van der Waals surface area contributed by atoms with E-state index in [0.717, 1.165) is 16.9 Å². The molecule has 0 saturated heterocycles. The van der Waals surface area contributed by atoms with Crippen LogP contribution in [0.3, 0.4) is 0 Å². The van der Waals surface area contributed by atoms with Gasteiger partial charge in [-0.25, -0.2) is 4.98 Å². The molecule has 0 saturated carbocycles. The zero-order valence-corrected chi connectivity index (χ0v) is 13.3. The van der Waals surface area contributed by atoms with E-state index in [0.29, 0.717) is 22.7 Å². The molecule has 1 N–H and O–H groups in total. The smallest absolute Gasteiger partial charge is 0.307 e. The molecule has 2 heterocycles. The Balaban J connectivity index is 2.01. The molecule has 0 aliphatic rings. The Bertz CT molecular complexity index is 836. The predicted molar refractivity (Wildman–Crippen MR) is 83.3 cm³/mol. The monoisotopic (exact) mass is 359 g/mol. The van der Waals surface area contributed by atoms with Gasteiger partial charge < -0.3 is 8.83 Å². The fourth-order valence-corrected chi connectivity index (χ4v) is 2.58. The Morgan fingerprint density at radius 3 is 2.64 bits per heavy atom. The topological polar surface area (TPSA) is 80.0 Å². The van der Waals surface area contributed by atoms with E-state index in [1.54, 1.807) is 6.92 Å². The summed E-state index contributed by atoms with van der Waals surface area (Å²) in [6.45, 7) is 1.65. The Hall–Kier alpha value is -2.34. The third-order valence-corrected chi connectivity index (χ3v) is 3.67. The molecule has 0 bridgehead atoms. The number of carbonyl (C=O) groups excluding carboxylic acids is 1. The number of furan rings is 1. The van der Waals surface area contributed by atoms with Gasteiger partial charge in [-0.2, -0.15) is 0 Å². The molecule has 5 nitrogen and oxygen atoms in total. The minimum atomic E-state index is -0.872. The highest BCUT2D eigenvalue weighted by molar-refractivity contribution is 9.10. The summed E-state index contributed by atoms with van der Waals surface area (Å²) in [6, 6.07) is 11.3.